The molecule has 0 aromatic carbocycles. The lowest BCUT2D eigenvalue weighted by atomic mass is 9.96. The third kappa shape index (κ3) is 6.37. The van der Waals surface area contributed by atoms with Gasteiger partial charge in [-0.05, 0) is 53.2 Å². The van der Waals surface area contributed by atoms with Crippen LogP contribution in [0.15, 0.2) is 23.4 Å². The van der Waals surface area contributed by atoms with Gasteiger partial charge in [-0.3, -0.25) is 4.79 Å². The van der Waals surface area contributed by atoms with E-state index in [2.05, 4.69) is 10.2 Å². The number of piperazine rings is 1. The lowest BCUT2D eigenvalue weighted by molar-refractivity contribution is -0.135. The second-order valence-electron chi connectivity index (χ2n) is 8.10. The summed E-state index contributed by atoms with van der Waals surface area (Å²) in [6.45, 7) is 8.45. The standard InChI is InChI=1S/C19H32N4O3/c1-19(2,3)26-18(25)21-16(13-14-5-7-15(20)8-6-14)17(24)23-11-9-22(4)10-12-23/h5,7,16H,6,8-13,20H2,1-4H3,(H,21,25)/t16-/m1/s1. The molecule has 1 fully saturated rings. The first kappa shape index (κ1) is 20.3. The van der Waals surface area contributed by atoms with Gasteiger partial charge < -0.3 is 25.6 Å². The van der Waals surface area contributed by atoms with Crippen LogP contribution < -0.4 is 11.1 Å². The second-order valence-corrected chi connectivity index (χ2v) is 8.10. The normalized spacial score (nSPS) is 20.1. The van der Waals surface area contributed by atoms with Crippen molar-refractivity contribution in [3.05, 3.63) is 23.4 Å². The number of hydrogen-bond donors (Lipinski definition) is 2. The summed E-state index contributed by atoms with van der Waals surface area (Å²) in [5.41, 5.74) is 7.17. The topological polar surface area (TPSA) is 87.9 Å². The first-order chi connectivity index (χ1) is 12.1. The fourth-order valence-electron chi connectivity index (χ4n) is 3.03. The van der Waals surface area contributed by atoms with E-state index in [0.29, 0.717) is 19.5 Å². The average Bonchev–Trinajstić information content (AvgIpc) is 2.54. The Morgan fingerprint density at radius 3 is 2.38 bits per heavy atom. The summed E-state index contributed by atoms with van der Waals surface area (Å²) in [4.78, 5) is 29.3. The first-order valence-corrected chi connectivity index (χ1v) is 9.25. The van der Waals surface area contributed by atoms with Gasteiger partial charge >= 0.3 is 6.09 Å². The van der Waals surface area contributed by atoms with Crippen LogP contribution in [0.2, 0.25) is 0 Å². The Labute approximate surface area is 156 Å². The van der Waals surface area contributed by atoms with Crippen molar-refractivity contribution in [2.45, 2.75) is 51.7 Å². The van der Waals surface area contributed by atoms with Crippen LogP contribution in [-0.4, -0.2) is 66.7 Å². The van der Waals surface area contributed by atoms with Crippen LogP contribution in [0, 0.1) is 0 Å². The number of carbonyl (C=O) groups is 2. The third-order valence-electron chi connectivity index (χ3n) is 4.54. The zero-order valence-corrected chi connectivity index (χ0v) is 16.4. The highest BCUT2D eigenvalue weighted by Gasteiger charge is 2.30. The molecule has 0 aromatic rings. The van der Waals surface area contributed by atoms with Crippen molar-refractivity contribution in [1.29, 1.82) is 0 Å². The van der Waals surface area contributed by atoms with Gasteiger partial charge in [-0.1, -0.05) is 11.6 Å². The predicted molar refractivity (Wildman–Crippen MR) is 101 cm³/mol. The molecular weight excluding hydrogens is 332 g/mol. The van der Waals surface area contributed by atoms with Crippen molar-refractivity contribution in [3.63, 3.8) is 0 Å². The number of allylic oxidation sites excluding steroid dienone is 3. The van der Waals surface area contributed by atoms with Crippen molar-refractivity contribution >= 4 is 12.0 Å². The number of ether oxygens (including phenoxy) is 1. The molecule has 26 heavy (non-hydrogen) atoms. The van der Waals surface area contributed by atoms with E-state index in [0.717, 1.165) is 37.2 Å². The number of nitrogens with two attached hydrogens (primary N) is 1. The third-order valence-corrected chi connectivity index (χ3v) is 4.54. The van der Waals surface area contributed by atoms with E-state index in [1.807, 2.05) is 24.1 Å². The Balaban J connectivity index is 2.07. The van der Waals surface area contributed by atoms with Gasteiger partial charge in [0.1, 0.15) is 11.6 Å². The zero-order chi connectivity index (χ0) is 19.3. The SMILES string of the molecule is CN1CCN(C(=O)[C@@H](CC2=CC=C(N)CC2)NC(=O)OC(C)(C)C)CC1. The van der Waals surface area contributed by atoms with Crippen LogP contribution in [0.25, 0.3) is 0 Å². The van der Waals surface area contributed by atoms with Gasteiger partial charge in [0.25, 0.3) is 0 Å². The summed E-state index contributed by atoms with van der Waals surface area (Å²) < 4.78 is 5.35. The van der Waals surface area contributed by atoms with E-state index in [4.69, 9.17) is 10.5 Å². The van der Waals surface area contributed by atoms with Crippen LogP contribution >= 0.6 is 0 Å². The Hall–Kier alpha value is -2.02. The van der Waals surface area contributed by atoms with Gasteiger partial charge in [-0.2, -0.15) is 0 Å². The lowest BCUT2D eigenvalue weighted by Gasteiger charge is -2.35. The highest BCUT2D eigenvalue weighted by molar-refractivity contribution is 5.86. The van der Waals surface area contributed by atoms with Crippen molar-refractivity contribution in [3.8, 4) is 0 Å². The molecular formula is C19H32N4O3. The van der Waals surface area contributed by atoms with Gasteiger partial charge in [0.2, 0.25) is 5.91 Å². The predicted octanol–water partition coefficient (Wildman–Crippen LogP) is 1.61. The monoisotopic (exact) mass is 364 g/mol. The van der Waals surface area contributed by atoms with Gasteiger partial charge in [0.15, 0.2) is 0 Å². The molecule has 1 atom stereocenters. The molecule has 0 bridgehead atoms. The number of rotatable bonds is 4. The Kier molecular flexibility index (Phi) is 6.69. The zero-order valence-electron chi connectivity index (χ0n) is 16.4. The quantitative estimate of drug-likeness (QED) is 0.791. The fourth-order valence-corrected chi connectivity index (χ4v) is 3.03. The van der Waals surface area contributed by atoms with Gasteiger partial charge in [0.05, 0.1) is 0 Å². The average molecular weight is 364 g/mol. The Morgan fingerprint density at radius 1 is 1.19 bits per heavy atom. The van der Waals surface area contributed by atoms with Crippen molar-refractivity contribution in [1.82, 2.24) is 15.1 Å². The highest BCUT2D eigenvalue weighted by Crippen LogP contribution is 2.21. The van der Waals surface area contributed by atoms with E-state index in [9.17, 15) is 9.59 Å². The molecule has 1 aliphatic heterocycles. The maximum atomic E-state index is 13.0. The van der Waals surface area contributed by atoms with Gasteiger partial charge in [0, 0.05) is 31.9 Å². The summed E-state index contributed by atoms with van der Waals surface area (Å²) in [7, 11) is 2.04. The minimum Gasteiger partial charge on any atom is -0.444 e. The molecule has 0 aromatic heterocycles. The van der Waals surface area contributed by atoms with Crippen LogP contribution in [0.4, 0.5) is 4.79 Å². The van der Waals surface area contributed by atoms with E-state index in [1.165, 1.54) is 0 Å². The molecule has 2 amide bonds. The molecule has 0 radical (unpaired) electrons. The highest BCUT2D eigenvalue weighted by atomic mass is 16.6. The number of nitrogens with zero attached hydrogens (tertiary/aromatic N) is 2. The number of hydrogen-bond acceptors (Lipinski definition) is 5. The van der Waals surface area contributed by atoms with Crippen LogP contribution in [-0.2, 0) is 9.53 Å². The number of carbonyl (C=O) groups excluding carboxylic acids is 2. The number of nitrogens with one attached hydrogen (secondary N) is 1. The second kappa shape index (κ2) is 8.58. The van der Waals surface area contributed by atoms with Crippen LogP contribution in [0.1, 0.15) is 40.0 Å². The molecule has 2 aliphatic rings. The minimum atomic E-state index is -0.618. The molecule has 7 nitrogen and oxygen atoms in total. The molecule has 7 heteroatoms. The molecule has 0 saturated carbocycles. The number of alkyl carbamates (subject to hydrolysis) is 1. The van der Waals surface area contributed by atoms with Crippen molar-refractivity contribution < 1.29 is 14.3 Å². The lowest BCUT2D eigenvalue weighted by Crippen LogP contribution is -2.54. The maximum absolute atomic E-state index is 13.0. The largest absolute Gasteiger partial charge is 0.444 e. The summed E-state index contributed by atoms with van der Waals surface area (Å²) in [6, 6.07) is -0.618. The van der Waals surface area contributed by atoms with Crippen molar-refractivity contribution in [2.24, 2.45) is 5.73 Å². The molecule has 146 valence electrons. The van der Waals surface area contributed by atoms with E-state index >= 15 is 0 Å². The van der Waals surface area contributed by atoms with E-state index in [-0.39, 0.29) is 5.91 Å². The van der Waals surface area contributed by atoms with E-state index in [1.54, 1.807) is 20.8 Å². The molecule has 3 N–H and O–H groups in total. The summed E-state index contributed by atoms with van der Waals surface area (Å²) in [6.07, 6.45) is 5.35. The Bertz CT molecular complexity index is 584. The Morgan fingerprint density at radius 2 is 1.85 bits per heavy atom. The number of likely N-dealkylation sites (N-methyl/N-ethyl adjacent to an activating group) is 1. The molecule has 2 rings (SSSR count). The summed E-state index contributed by atoms with van der Waals surface area (Å²) in [5.74, 6) is -0.0487. The van der Waals surface area contributed by atoms with Crippen molar-refractivity contribution in [2.75, 3.05) is 33.2 Å². The molecule has 1 saturated heterocycles. The smallest absolute Gasteiger partial charge is 0.408 e. The molecule has 0 unspecified atom stereocenters. The number of amides is 2. The fraction of sp³-hybridized carbons (Fsp3) is 0.684. The van der Waals surface area contributed by atoms with Gasteiger partial charge in [-0.25, -0.2) is 4.79 Å². The van der Waals surface area contributed by atoms with Crippen LogP contribution in [0.5, 0.6) is 0 Å². The minimum absolute atomic E-state index is 0.0487. The maximum Gasteiger partial charge on any atom is 0.408 e. The summed E-state index contributed by atoms with van der Waals surface area (Å²) >= 11 is 0. The molecule has 1 aliphatic carbocycles. The first-order valence-electron chi connectivity index (χ1n) is 9.25. The van der Waals surface area contributed by atoms with Crippen LogP contribution in [0.3, 0.4) is 0 Å². The summed E-state index contributed by atoms with van der Waals surface area (Å²) in [5, 5.41) is 2.78. The van der Waals surface area contributed by atoms with E-state index < -0.39 is 17.7 Å². The van der Waals surface area contributed by atoms with Gasteiger partial charge in [-0.15, -0.1) is 0 Å². The molecule has 1 heterocycles. The molecule has 0 spiro atoms.